The van der Waals surface area contributed by atoms with E-state index in [0.717, 1.165) is 65.1 Å². The second kappa shape index (κ2) is 17.8. The number of benzene rings is 3. The van der Waals surface area contributed by atoms with E-state index in [0.29, 0.717) is 52.3 Å². The number of carboxylic acid groups (broad SMARTS) is 2. The number of halogens is 1. The topological polar surface area (TPSA) is 220 Å². The molecule has 69 heavy (non-hydrogen) atoms. The Morgan fingerprint density at radius 2 is 1.75 bits per heavy atom. The van der Waals surface area contributed by atoms with Crippen molar-refractivity contribution >= 4 is 96.2 Å². The molecular formula is C49H48ClN7O10S2. The van der Waals surface area contributed by atoms with Gasteiger partial charge in [0.1, 0.15) is 22.5 Å². The summed E-state index contributed by atoms with van der Waals surface area (Å²) in [5, 5.41) is 26.6. The van der Waals surface area contributed by atoms with Crippen LogP contribution < -0.4 is 25.2 Å². The van der Waals surface area contributed by atoms with Crippen molar-refractivity contribution < 1.29 is 47.3 Å². The summed E-state index contributed by atoms with van der Waals surface area (Å²) in [7, 11) is -3.76. The molecule has 3 aromatic heterocycles. The lowest BCUT2D eigenvalue weighted by molar-refractivity contribution is -0.139. The number of nitrogens with one attached hydrogen (secondary N) is 2. The maximum atomic E-state index is 14.1. The number of piperidine rings is 3. The number of carboxylic acids is 2. The van der Waals surface area contributed by atoms with Crippen LogP contribution in [0.4, 0.5) is 17.2 Å². The average Bonchev–Trinajstić information content (AvgIpc) is 3.97. The van der Waals surface area contributed by atoms with Crippen molar-refractivity contribution in [2.24, 2.45) is 0 Å². The number of rotatable bonds is 13. The summed E-state index contributed by atoms with van der Waals surface area (Å²) in [6, 6.07) is 19.8. The number of fused-ring (bicyclic) bond motifs is 1. The Morgan fingerprint density at radius 1 is 0.971 bits per heavy atom. The molecule has 17 nitrogen and oxygen atoms in total. The van der Waals surface area contributed by atoms with Crippen molar-refractivity contribution in [3.8, 4) is 16.2 Å². The molecule has 0 bridgehead atoms. The molecule has 3 fully saturated rings. The molecule has 6 aromatic rings. The fraction of sp³-hybridized carbons (Fsp3) is 0.347. The highest BCUT2D eigenvalue weighted by molar-refractivity contribution is 7.88. The maximum absolute atomic E-state index is 14.1. The fourth-order valence-electron chi connectivity index (χ4n) is 10.6. The number of amides is 3. The molecule has 3 aromatic carbocycles. The largest absolute Gasteiger partial charge is 0.479 e. The van der Waals surface area contributed by atoms with E-state index in [-0.39, 0.29) is 58.0 Å². The number of pyridine rings is 1. The van der Waals surface area contributed by atoms with Crippen molar-refractivity contribution in [3.05, 3.63) is 106 Å². The number of nitrogens with zero attached hydrogens (tertiary/aromatic N) is 5. The summed E-state index contributed by atoms with van der Waals surface area (Å²) in [6.07, 6.45) is 6.99. The number of thiophene rings is 1. The van der Waals surface area contributed by atoms with E-state index in [4.69, 9.17) is 26.4 Å². The molecule has 3 amide bonds. The smallest absolute Gasteiger partial charge is 0.349 e. The Kier molecular flexibility index (Phi) is 11.9. The molecule has 4 aliphatic rings. The molecule has 0 aliphatic carbocycles. The monoisotopic (exact) mass is 993 g/mol. The minimum atomic E-state index is -3.76. The number of aliphatic carboxylic acids is 1. The van der Waals surface area contributed by atoms with Gasteiger partial charge < -0.3 is 29.6 Å². The number of aromatic carboxylic acids is 1. The van der Waals surface area contributed by atoms with E-state index in [1.165, 1.54) is 0 Å². The third-order valence-electron chi connectivity index (χ3n) is 13.7. The molecule has 10 rings (SSSR count). The first kappa shape index (κ1) is 46.2. The van der Waals surface area contributed by atoms with Gasteiger partial charge in [0.15, 0.2) is 17.2 Å². The first-order chi connectivity index (χ1) is 33.0. The molecule has 0 saturated carbocycles. The van der Waals surface area contributed by atoms with Gasteiger partial charge in [0.2, 0.25) is 21.8 Å². The van der Waals surface area contributed by atoms with Crippen LogP contribution in [-0.4, -0.2) is 106 Å². The molecule has 0 radical (unpaired) electrons. The number of imide groups is 1. The van der Waals surface area contributed by atoms with Crippen LogP contribution in [0.2, 0.25) is 5.02 Å². The second-order valence-corrected chi connectivity index (χ2v) is 21.9. The van der Waals surface area contributed by atoms with Gasteiger partial charge >= 0.3 is 11.9 Å². The predicted molar refractivity (Wildman–Crippen MR) is 261 cm³/mol. The number of hydrogen-bond donors (Lipinski definition) is 4. The number of imidazole rings is 1. The summed E-state index contributed by atoms with van der Waals surface area (Å²) < 4.78 is 37.0. The third-order valence-corrected chi connectivity index (χ3v) is 17.4. The predicted octanol–water partition coefficient (Wildman–Crippen LogP) is 7.37. The zero-order valence-electron chi connectivity index (χ0n) is 37.6. The van der Waals surface area contributed by atoms with Crippen LogP contribution in [0.15, 0.2) is 79.1 Å². The van der Waals surface area contributed by atoms with Crippen molar-refractivity contribution in [1.82, 2.24) is 19.0 Å². The molecule has 3 saturated heterocycles. The van der Waals surface area contributed by atoms with E-state index in [9.17, 15) is 37.5 Å². The van der Waals surface area contributed by atoms with Crippen LogP contribution in [0.5, 0.6) is 5.75 Å². The van der Waals surface area contributed by atoms with E-state index >= 15 is 0 Å². The Hall–Kier alpha value is -6.54. The molecular weight excluding hydrogens is 946 g/mol. The molecule has 0 spiro atoms. The van der Waals surface area contributed by atoms with Crippen molar-refractivity contribution in [3.63, 3.8) is 0 Å². The number of carbonyl (C=O) groups excluding carboxylic acids is 3. The van der Waals surface area contributed by atoms with Gasteiger partial charge in [0.05, 0.1) is 22.5 Å². The average molecular weight is 995 g/mol. The first-order valence-electron chi connectivity index (χ1n) is 22.7. The highest BCUT2D eigenvalue weighted by Gasteiger charge is 2.43. The normalized spacial score (nSPS) is 19.9. The minimum absolute atomic E-state index is 0.0102. The van der Waals surface area contributed by atoms with E-state index < -0.39 is 46.1 Å². The Bertz CT molecular complexity index is 3240. The number of carbonyl (C=O) groups is 5. The number of aromatic nitrogens is 2. The van der Waals surface area contributed by atoms with Gasteiger partial charge in [-0.15, -0.1) is 11.3 Å². The summed E-state index contributed by atoms with van der Waals surface area (Å²) in [5.41, 5.74) is 4.38. The summed E-state index contributed by atoms with van der Waals surface area (Å²) in [5.74, 6) is -2.90. The zero-order valence-corrected chi connectivity index (χ0v) is 40.0. The maximum Gasteiger partial charge on any atom is 0.349 e. The van der Waals surface area contributed by atoms with Crippen molar-refractivity contribution in [2.45, 2.75) is 81.7 Å². The first-order valence-corrected chi connectivity index (χ1v) is 25.5. The molecule has 2 unspecified atom stereocenters. The van der Waals surface area contributed by atoms with Gasteiger partial charge in [-0.1, -0.05) is 48.0 Å². The van der Waals surface area contributed by atoms with E-state index in [2.05, 4.69) is 21.6 Å². The lowest BCUT2D eigenvalue weighted by atomic mass is 9.85. The van der Waals surface area contributed by atoms with Crippen LogP contribution in [0, 0.1) is 0 Å². The molecule has 20 heteroatoms. The van der Waals surface area contributed by atoms with Crippen LogP contribution in [-0.2, 0) is 30.2 Å². The third kappa shape index (κ3) is 8.65. The van der Waals surface area contributed by atoms with Crippen LogP contribution in [0.1, 0.15) is 89.4 Å². The van der Waals surface area contributed by atoms with Gasteiger partial charge in [-0.25, -0.2) is 23.0 Å². The number of anilines is 3. The Labute approximate surface area is 405 Å². The van der Waals surface area contributed by atoms with Crippen LogP contribution >= 0.6 is 22.9 Å². The molecule has 2 atom stereocenters. The molecule has 4 N–H and O–H groups in total. The number of hydrogen-bond acceptors (Lipinski definition) is 12. The van der Waals surface area contributed by atoms with Gasteiger partial charge in [-0.2, -0.15) is 4.31 Å². The van der Waals surface area contributed by atoms with Gasteiger partial charge in [0, 0.05) is 60.5 Å². The quantitative estimate of drug-likeness (QED) is 0.0832. The van der Waals surface area contributed by atoms with Crippen LogP contribution in [0.25, 0.3) is 26.9 Å². The van der Waals surface area contributed by atoms with Gasteiger partial charge in [-0.3, -0.25) is 24.6 Å². The standard InChI is InChI=1S/C49H48ClN7O10S2/c1-49(2)22-31(51-30-6-3-5-29(21-30)44-42(50)43(67-25-40(59)60)45(68-44)48(63)64)17-20-56(49)69(65,66)26-27-9-13-37-52-38(24-55(37)23-27)54-18-15-28(16-19-54)32-10-11-35-41-33(32)7-4-8-34(41)47(62)57(35)36-12-14-39(58)53-46(36)61/h3-11,13,21,23-24,28,31,36,51H,12,14-20,22,25-26H2,1-2H3,(H,59,60)(H,63,64)(H,53,58,61). The summed E-state index contributed by atoms with van der Waals surface area (Å²) in [6.45, 7) is 4.88. The van der Waals surface area contributed by atoms with Crippen LogP contribution in [0.3, 0.4) is 0 Å². The van der Waals surface area contributed by atoms with Crippen molar-refractivity contribution in [1.29, 1.82) is 0 Å². The lowest BCUT2D eigenvalue weighted by Gasteiger charge is -2.45. The van der Waals surface area contributed by atoms with E-state index in [1.54, 1.807) is 27.4 Å². The van der Waals surface area contributed by atoms with Crippen molar-refractivity contribution in [2.75, 3.05) is 41.4 Å². The second-order valence-electron chi connectivity index (χ2n) is 18.7. The minimum Gasteiger partial charge on any atom is -0.479 e. The highest BCUT2D eigenvalue weighted by Crippen LogP contribution is 2.47. The van der Waals surface area contributed by atoms with Gasteiger partial charge in [-0.05, 0) is 104 Å². The summed E-state index contributed by atoms with van der Waals surface area (Å²) in [4.78, 5) is 70.3. The number of sulfonamides is 1. The highest BCUT2D eigenvalue weighted by atomic mass is 35.5. The Balaban J connectivity index is 0.778. The zero-order chi connectivity index (χ0) is 48.5. The summed E-state index contributed by atoms with van der Waals surface area (Å²) >= 11 is 7.43. The lowest BCUT2D eigenvalue weighted by Crippen LogP contribution is -2.55. The SMILES string of the molecule is CC1(C)CC(Nc2cccc(-c3sc(C(=O)O)c(OCC(=O)O)c3Cl)c2)CCN1S(=O)(=O)Cc1ccc2nc(N3CCC(c4ccc5c6c(cccc46)C(=O)N5C4CCC(=O)NC4=O)CC3)cn2c1. The Morgan fingerprint density at radius 3 is 2.49 bits per heavy atom. The molecule has 4 aliphatic heterocycles. The van der Waals surface area contributed by atoms with E-state index in [1.807, 2.05) is 73.1 Å². The molecule has 7 heterocycles. The fourth-order valence-corrected chi connectivity index (χ4v) is 13.9. The number of ether oxygens (including phenoxy) is 1. The molecule has 358 valence electrons. The van der Waals surface area contributed by atoms with Gasteiger partial charge in [0.25, 0.3) is 5.91 Å².